The fourth-order valence-electron chi connectivity index (χ4n) is 2.15. The molecule has 0 spiro atoms. The van der Waals surface area contributed by atoms with Crippen LogP contribution in [0.3, 0.4) is 0 Å². The number of carbonyl (C=O) groups is 3. The first-order valence-corrected chi connectivity index (χ1v) is 7.15. The van der Waals surface area contributed by atoms with Crippen LogP contribution in [-0.4, -0.2) is 38.1 Å². The third-order valence-electron chi connectivity index (χ3n) is 3.34. The number of amides is 1. The number of halogens is 2. The van der Waals surface area contributed by atoms with Crippen LogP contribution in [0.1, 0.15) is 18.9 Å². The van der Waals surface area contributed by atoms with Gasteiger partial charge >= 0.3 is 11.9 Å². The summed E-state index contributed by atoms with van der Waals surface area (Å²) in [7, 11) is 2.35. The van der Waals surface area contributed by atoms with Gasteiger partial charge in [0.2, 0.25) is 5.91 Å². The lowest BCUT2D eigenvalue weighted by atomic mass is 9.98. The van der Waals surface area contributed by atoms with Crippen molar-refractivity contribution < 1.29 is 32.6 Å². The molecule has 132 valence electrons. The summed E-state index contributed by atoms with van der Waals surface area (Å²) in [6, 6.07) is 1.65. The largest absolute Gasteiger partial charge is 0.469 e. The summed E-state index contributed by atoms with van der Waals surface area (Å²) < 4.78 is 35.4. The molecular formula is C16H19F2NO5. The first-order valence-electron chi connectivity index (χ1n) is 7.15. The molecule has 1 N–H and O–H groups in total. The highest BCUT2D eigenvalue weighted by atomic mass is 19.1. The van der Waals surface area contributed by atoms with Crippen LogP contribution in [0.15, 0.2) is 18.2 Å². The van der Waals surface area contributed by atoms with Crippen molar-refractivity contribution >= 4 is 17.8 Å². The van der Waals surface area contributed by atoms with Gasteiger partial charge in [0.15, 0.2) is 0 Å². The van der Waals surface area contributed by atoms with Crippen LogP contribution in [0.4, 0.5) is 8.78 Å². The van der Waals surface area contributed by atoms with Gasteiger partial charge in [-0.1, -0.05) is 6.92 Å². The zero-order chi connectivity index (χ0) is 18.3. The Labute approximate surface area is 138 Å². The van der Waals surface area contributed by atoms with Gasteiger partial charge in [0.05, 0.1) is 27.1 Å². The molecule has 0 heterocycles. The molecule has 0 saturated carbocycles. The number of nitrogens with one attached hydrogen (secondary N) is 1. The normalized spacial score (nSPS) is 12.9. The second-order valence-corrected chi connectivity index (χ2v) is 5.28. The molecule has 0 bridgehead atoms. The minimum atomic E-state index is -1.08. The maximum Gasteiger partial charge on any atom is 0.328 e. The van der Waals surface area contributed by atoms with E-state index in [1.807, 2.05) is 0 Å². The van der Waals surface area contributed by atoms with Crippen LogP contribution in [0.25, 0.3) is 0 Å². The molecule has 2 atom stereocenters. The van der Waals surface area contributed by atoms with Crippen molar-refractivity contribution in [3.8, 4) is 0 Å². The Hall–Kier alpha value is -2.51. The number of hydrogen-bond acceptors (Lipinski definition) is 5. The van der Waals surface area contributed by atoms with Gasteiger partial charge in [-0.05, 0) is 23.6 Å². The molecule has 1 aromatic rings. The standard InChI is InChI=1S/C16H19F2NO5/c1-9(4-14(21)23-2)15(16(22)24-3)19-13(20)7-10-5-11(17)8-12(18)6-10/h5-6,8-9,15H,4,7H2,1-3H3,(H,19,20)/t9-,15+/m1/s1. The van der Waals surface area contributed by atoms with Gasteiger partial charge in [-0.15, -0.1) is 0 Å². The summed E-state index contributed by atoms with van der Waals surface area (Å²) >= 11 is 0. The summed E-state index contributed by atoms with van der Waals surface area (Å²) in [5.74, 6) is -4.10. The third-order valence-corrected chi connectivity index (χ3v) is 3.34. The number of methoxy groups -OCH3 is 2. The number of rotatable bonds is 7. The summed E-state index contributed by atoms with van der Waals surface area (Å²) in [4.78, 5) is 35.2. The summed E-state index contributed by atoms with van der Waals surface area (Å²) in [6.45, 7) is 1.57. The Morgan fingerprint density at radius 3 is 2.17 bits per heavy atom. The van der Waals surface area contributed by atoms with Gasteiger partial charge in [-0.3, -0.25) is 9.59 Å². The van der Waals surface area contributed by atoms with Crippen molar-refractivity contribution in [3.63, 3.8) is 0 Å². The Balaban J connectivity index is 2.80. The predicted molar refractivity (Wildman–Crippen MR) is 79.8 cm³/mol. The van der Waals surface area contributed by atoms with Crippen LogP contribution in [0.2, 0.25) is 0 Å². The molecule has 1 amide bonds. The van der Waals surface area contributed by atoms with E-state index in [2.05, 4.69) is 14.8 Å². The highest BCUT2D eigenvalue weighted by molar-refractivity contribution is 5.86. The van der Waals surface area contributed by atoms with E-state index in [9.17, 15) is 23.2 Å². The molecule has 0 aromatic heterocycles. The number of carbonyl (C=O) groups excluding carboxylic acids is 3. The lowest BCUT2D eigenvalue weighted by Gasteiger charge is -2.22. The molecule has 0 fully saturated rings. The fraction of sp³-hybridized carbons (Fsp3) is 0.438. The molecule has 0 saturated heterocycles. The van der Waals surface area contributed by atoms with E-state index in [0.29, 0.717) is 6.07 Å². The summed E-state index contributed by atoms with van der Waals surface area (Å²) in [5.41, 5.74) is 0.120. The zero-order valence-corrected chi connectivity index (χ0v) is 13.6. The SMILES string of the molecule is COC(=O)C[C@@H](C)[C@H](NC(=O)Cc1cc(F)cc(F)c1)C(=O)OC. The van der Waals surface area contributed by atoms with Gasteiger partial charge in [0.25, 0.3) is 0 Å². The third kappa shape index (κ3) is 5.94. The summed E-state index contributed by atoms with van der Waals surface area (Å²) in [6.07, 6.45) is -0.432. The molecule has 24 heavy (non-hydrogen) atoms. The van der Waals surface area contributed by atoms with Gasteiger partial charge in [-0.25, -0.2) is 13.6 Å². The molecular weight excluding hydrogens is 324 g/mol. The smallest absolute Gasteiger partial charge is 0.328 e. The molecule has 8 heteroatoms. The van der Waals surface area contributed by atoms with E-state index >= 15 is 0 Å². The Bertz CT molecular complexity index is 600. The highest BCUT2D eigenvalue weighted by Crippen LogP contribution is 2.13. The molecule has 0 aliphatic carbocycles. The average molecular weight is 343 g/mol. The zero-order valence-electron chi connectivity index (χ0n) is 13.6. The van der Waals surface area contributed by atoms with Gasteiger partial charge in [-0.2, -0.15) is 0 Å². The highest BCUT2D eigenvalue weighted by Gasteiger charge is 2.29. The molecule has 0 radical (unpaired) electrons. The average Bonchev–Trinajstić information content (AvgIpc) is 2.50. The predicted octanol–water partition coefficient (Wildman–Crippen LogP) is 1.36. The maximum atomic E-state index is 13.1. The van der Waals surface area contributed by atoms with Gasteiger partial charge < -0.3 is 14.8 Å². The topological polar surface area (TPSA) is 81.7 Å². The number of hydrogen-bond donors (Lipinski definition) is 1. The number of ether oxygens (including phenoxy) is 2. The minimum absolute atomic E-state index is 0.106. The molecule has 0 aliphatic heterocycles. The van der Waals surface area contributed by atoms with E-state index in [1.165, 1.54) is 7.11 Å². The minimum Gasteiger partial charge on any atom is -0.469 e. The first-order chi connectivity index (χ1) is 11.3. The Morgan fingerprint density at radius 1 is 1.08 bits per heavy atom. The molecule has 1 rings (SSSR count). The van der Waals surface area contributed by atoms with Crippen LogP contribution in [0, 0.1) is 17.6 Å². The Morgan fingerprint density at radius 2 is 1.67 bits per heavy atom. The van der Waals surface area contributed by atoms with Crippen molar-refractivity contribution in [2.45, 2.75) is 25.8 Å². The second kappa shape index (κ2) is 8.95. The van der Waals surface area contributed by atoms with Gasteiger partial charge in [0, 0.05) is 6.07 Å². The first kappa shape index (κ1) is 19.5. The van der Waals surface area contributed by atoms with Crippen molar-refractivity contribution in [2.24, 2.45) is 5.92 Å². The van der Waals surface area contributed by atoms with E-state index in [0.717, 1.165) is 19.2 Å². The quantitative estimate of drug-likeness (QED) is 0.756. The Kier molecular flexibility index (Phi) is 7.29. The summed E-state index contributed by atoms with van der Waals surface area (Å²) in [5, 5.41) is 2.42. The second-order valence-electron chi connectivity index (χ2n) is 5.28. The van der Waals surface area contributed by atoms with Crippen molar-refractivity contribution in [1.82, 2.24) is 5.32 Å². The molecule has 1 aromatic carbocycles. The number of benzene rings is 1. The van der Waals surface area contributed by atoms with E-state index in [-0.39, 0.29) is 18.4 Å². The van der Waals surface area contributed by atoms with Crippen LogP contribution in [0.5, 0.6) is 0 Å². The van der Waals surface area contributed by atoms with Crippen LogP contribution >= 0.6 is 0 Å². The maximum absolute atomic E-state index is 13.1. The van der Waals surface area contributed by atoms with E-state index < -0.39 is 41.4 Å². The van der Waals surface area contributed by atoms with Crippen molar-refractivity contribution in [3.05, 3.63) is 35.4 Å². The lowest BCUT2D eigenvalue weighted by Crippen LogP contribution is -2.47. The number of esters is 2. The molecule has 0 unspecified atom stereocenters. The monoisotopic (exact) mass is 343 g/mol. The molecule has 0 aliphatic rings. The van der Waals surface area contributed by atoms with E-state index in [4.69, 9.17) is 0 Å². The van der Waals surface area contributed by atoms with Gasteiger partial charge in [0.1, 0.15) is 17.7 Å². The fourth-order valence-corrected chi connectivity index (χ4v) is 2.15. The lowest BCUT2D eigenvalue weighted by molar-refractivity contribution is -0.148. The van der Waals surface area contributed by atoms with Crippen LogP contribution < -0.4 is 5.32 Å². The van der Waals surface area contributed by atoms with Crippen molar-refractivity contribution in [1.29, 1.82) is 0 Å². The van der Waals surface area contributed by atoms with Crippen LogP contribution in [-0.2, 0) is 30.3 Å². The van der Waals surface area contributed by atoms with Crippen molar-refractivity contribution in [2.75, 3.05) is 14.2 Å². The van der Waals surface area contributed by atoms with E-state index in [1.54, 1.807) is 6.92 Å². The molecule has 6 nitrogen and oxygen atoms in total.